The van der Waals surface area contributed by atoms with E-state index in [1.165, 1.54) is 11.8 Å². The maximum Gasteiger partial charge on any atom is 0.219 e. The lowest BCUT2D eigenvalue weighted by molar-refractivity contribution is 0.108. The average molecular weight is 229 g/mol. The minimum atomic E-state index is 0.0886. The first-order valence-electron chi connectivity index (χ1n) is 4.90. The Hall–Kier alpha value is -1.61. The Bertz CT molecular complexity index is 496. The minimum absolute atomic E-state index is 0.0886. The number of aromatic nitrogens is 1. The fourth-order valence-electron chi connectivity index (χ4n) is 1.48. The largest absolute Gasteiger partial charge is 0.282 e. The van der Waals surface area contributed by atoms with Crippen LogP contribution >= 0.6 is 11.8 Å². The molecule has 0 amide bonds. The van der Waals surface area contributed by atoms with Gasteiger partial charge in [0, 0.05) is 23.5 Å². The van der Waals surface area contributed by atoms with Gasteiger partial charge in [0.2, 0.25) is 5.12 Å². The van der Waals surface area contributed by atoms with Crippen molar-refractivity contribution >= 4 is 16.9 Å². The first-order chi connectivity index (χ1) is 7.81. The van der Waals surface area contributed by atoms with E-state index in [0.29, 0.717) is 0 Å². The van der Waals surface area contributed by atoms with E-state index in [1.54, 1.807) is 18.6 Å². The van der Waals surface area contributed by atoms with Crippen LogP contribution in [0.15, 0.2) is 48.8 Å². The van der Waals surface area contributed by atoms with Gasteiger partial charge in [-0.15, -0.1) is 0 Å². The van der Waals surface area contributed by atoms with Crippen molar-refractivity contribution in [3.8, 4) is 11.1 Å². The summed E-state index contributed by atoms with van der Waals surface area (Å²) in [6, 6.07) is 11.5. The molecule has 0 saturated carbocycles. The number of nitrogens with zero attached hydrogens (tertiary/aromatic N) is 1. The van der Waals surface area contributed by atoms with Gasteiger partial charge in [-0.05, 0) is 24.0 Å². The smallest absolute Gasteiger partial charge is 0.219 e. The number of benzene rings is 1. The van der Waals surface area contributed by atoms with E-state index in [-0.39, 0.29) is 5.12 Å². The van der Waals surface area contributed by atoms with Crippen LogP contribution in [0.3, 0.4) is 0 Å². The molecule has 0 aliphatic rings. The molecule has 0 N–H and O–H groups in total. The van der Waals surface area contributed by atoms with Crippen LogP contribution < -0.4 is 0 Å². The van der Waals surface area contributed by atoms with Gasteiger partial charge in [-0.2, -0.15) is 0 Å². The van der Waals surface area contributed by atoms with Gasteiger partial charge in [0.15, 0.2) is 0 Å². The van der Waals surface area contributed by atoms with Crippen molar-refractivity contribution in [2.75, 3.05) is 6.26 Å². The summed E-state index contributed by atoms with van der Waals surface area (Å²) in [5.74, 6) is 0. The topological polar surface area (TPSA) is 30.0 Å². The summed E-state index contributed by atoms with van der Waals surface area (Å²) in [6.45, 7) is 0. The molecule has 0 radical (unpaired) electrons. The van der Waals surface area contributed by atoms with E-state index in [1.807, 2.05) is 36.4 Å². The van der Waals surface area contributed by atoms with Crippen LogP contribution in [-0.4, -0.2) is 16.4 Å². The van der Waals surface area contributed by atoms with Crippen molar-refractivity contribution in [3.63, 3.8) is 0 Å². The number of hydrogen-bond donors (Lipinski definition) is 0. The Morgan fingerprint density at radius 2 is 2.00 bits per heavy atom. The van der Waals surface area contributed by atoms with Crippen LogP contribution in [0.1, 0.15) is 10.4 Å². The lowest BCUT2D eigenvalue weighted by atomic mass is 10.1. The summed E-state index contributed by atoms with van der Waals surface area (Å²) in [4.78, 5) is 15.6. The fraction of sp³-hybridized carbons (Fsp3) is 0.0769. The minimum Gasteiger partial charge on any atom is -0.282 e. The van der Waals surface area contributed by atoms with E-state index in [9.17, 15) is 4.79 Å². The zero-order valence-electron chi connectivity index (χ0n) is 8.88. The number of thioether (sulfide) groups is 1. The molecule has 0 aliphatic carbocycles. The van der Waals surface area contributed by atoms with Gasteiger partial charge < -0.3 is 0 Å². The molecule has 0 saturated heterocycles. The first kappa shape index (κ1) is 10.9. The van der Waals surface area contributed by atoms with Crippen molar-refractivity contribution in [2.24, 2.45) is 0 Å². The highest BCUT2D eigenvalue weighted by atomic mass is 32.2. The summed E-state index contributed by atoms with van der Waals surface area (Å²) in [6.07, 6.45) is 5.32. The molecular formula is C13H11NOS. The number of pyridine rings is 1. The van der Waals surface area contributed by atoms with E-state index in [2.05, 4.69) is 4.98 Å². The molecule has 0 bridgehead atoms. The first-order valence-corrected chi connectivity index (χ1v) is 6.12. The van der Waals surface area contributed by atoms with Crippen molar-refractivity contribution in [2.45, 2.75) is 0 Å². The number of rotatable bonds is 2. The Balaban J connectivity index is 2.40. The molecule has 0 spiro atoms. The zero-order valence-corrected chi connectivity index (χ0v) is 9.70. The molecule has 1 aromatic heterocycles. The van der Waals surface area contributed by atoms with Gasteiger partial charge in [0.1, 0.15) is 0 Å². The monoisotopic (exact) mass is 229 g/mol. The molecular weight excluding hydrogens is 218 g/mol. The second-order valence-corrected chi connectivity index (χ2v) is 4.09. The summed E-state index contributed by atoms with van der Waals surface area (Å²) >= 11 is 1.23. The summed E-state index contributed by atoms with van der Waals surface area (Å²) in [5.41, 5.74) is 2.78. The van der Waals surface area contributed by atoms with Gasteiger partial charge >= 0.3 is 0 Å². The fourth-order valence-corrected chi connectivity index (χ4v) is 1.84. The van der Waals surface area contributed by atoms with Gasteiger partial charge in [-0.3, -0.25) is 9.78 Å². The van der Waals surface area contributed by atoms with Crippen LogP contribution in [0.2, 0.25) is 0 Å². The highest BCUT2D eigenvalue weighted by Crippen LogP contribution is 2.20. The molecule has 1 aromatic carbocycles. The molecule has 0 unspecified atom stereocenters. The van der Waals surface area contributed by atoms with Crippen LogP contribution in [0, 0.1) is 0 Å². The third kappa shape index (κ3) is 2.31. The summed E-state index contributed by atoms with van der Waals surface area (Å²) in [5, 5.41) is 0.0886. The van der Waals surface area contributed by atoms with Crippen LogP contribution in [0.25, 0.3) is 11.1 Å². The summed E-state index contributed by atoms with van der Waals surface area (Å²) in [7, 11) is 0. The molecule has 2 rings (SSSR count). The lowest BCUT2D eigenvalue weighted by Crippen LogP contribution is -1.92. The maximum absolute atomic E-state index is 11.5. The Morgan fingerprint density at radius 1 is 1.19 bits per heavy atom. The molecule has 0 atom stereocenters. The third-order valence-electron chi connectivity index (χ3n) is 2.28. The molecule has 0 aliphatic heterocycles. The SMILES string of the molecule is CSC(=O)c1cccc(-c2cccnc2)c1. The predicted molar refractivity (Wildman–Crippen MR) is 67.5 cm³/mol. The zero-order chi connectivity index (χ0) is 11.4. The number of carbonyl (C=O) groups excluding carboxylic acids is 1. The van der Waals surface area contributed by atoms with Gasteiger partial charge in [0.05, 0.1) is 0 Å². The van der Waals surface area contributed by atoms with E-state index in [0.717, 1.165) is 16.7 Å². The second-order valence-electron chi connectivity index (χ2n) is 3.31. The van der Waals surface area contributed by atoms with Gasteiger partial charge in [0.25, 0.3) is 0 Å². The molecule has 1 heterocycles. The van der Waals surface area contributed by atoms with Crippen LogP contribution in [0.5, 0.6) is 0 Å². The number of hydrogen-bond acceptors (Lipinski definition) is 3. The molecule has 80 valence electrons. The normalized spacial score (nSPS) is 10.1. The van der Waals surface area contributed by atoms with E-state index < -0.39 is 0 Å². The second kappa shape index (κ2) is 4.94. The number of carbonyl (C=O) groups is 1. The van der Waals surface area contributed by atoms with Gasteiger partial charge in [-0.1, -0.05) is 36.0 Å². The quantitative estimate of drug-likeness (QED) is 0.791. The third-order valence-corrected chi connectivity index (χ3v) is 2.89. The molecule has 16 heavy (non-hydrogen) atoms. The highest BCUT2D eigenvalue weighted by molar-refractivity contribution is 8.13. The van der Waals surface area contributed by atoms with E-state index in [4.69, 9.17) is 0 Å². The standard InChI is InChI=1S/C13H11NOS/c1-16-13(15)11-5-2-4-10(8-11)12-6-3-7-14-9-12/h2-9H,1H3. The van der Waals surface area contributed by atoms with Crippen molar-refractivity contribution in [1.29, 1.82) is 0 Å². The molecule has 2 nitrogen and oxygen atoms in total. The lowest BCUT2D eigenvalue weighted by Gasteiger charge is -2.03. The molecule has 0 fully saturated rings. The molecule has 3 heteroatoms. The highest BCUT2D eigenvalue weighted by Gasteiger charge is 2.05. The van der Waals surface area contributed by atoms with Crippen LogP contribution in [-0.2, 0) is 0 Å². The van der Waals surface area contributed by atoms with Gasteiger partial charge in [-0.25, -0.2) is 0 Å². The van der Waals surface area contributed by atoms with Crippen LogP contribution in [0.4, 0.5) is 0 Å². The van der Waals surface area contributed by atoms with E-state index >= 15 is 0 Å². The van der Waals surface area contributed by atoms with Crippen molar-refractivity contribution in [1.82, 2.24) is 4.98 Å². The Kier molecular flexibility index (Phi) is 3.37. The maximum atomic E-state index is 11.5. The Morgan fingerprint density at radius 3 is 2.69 bits per heavy atom. The molecule has 2 aromatic rings. The average Bonchev–Trinajstić information content (AvgIpc) is 2.39. The predicted octanol–water partition coefficient (Wildman–Crippen LogP) is 3.25. The summed E-state index contributed by atoms with van der Waals surface area (Å²) < 4.78 is 0. The van der Waals surface area contributed by atoms with Crippen molar-refractivity contribution < 1.29 is 4.79 Å². The Labute approximate surface area is 98.7 Å². The van der Waals surface area contributed by atoms with Crippen molar-refractivity contribution in [3.05, 3.63) is 54.4 Å².